The van der Waals surface area contributed by atoms with E-state index in [1.165, 1.54) is 11.8 Å². The number of carbonyl (C=O) groups excluding carboxylic acids is 1. The fourth-order valence-electron chi connectivity index (χ4n) is 4.05. The van der Waals surface area contributed by atoms with Gasteiger partial charge in [0.1, 0.15) is 0 Å². The molecule has 38 heavy (non-hydrogen) atoms. The molecule has 0 saturated heterocycles. The molecule has 1 aromatic heterocycles. The Balaban J connectivity index is 1.47. The average Bonchev–Trinajstić information content (AvgIpc) is 2.93. The van der Waals surface area contributed by atoms with Crippen LogP contribution in [0.4, 0.5) is 0 Å². The third-order valence-electron chi connectivity index (χ3n) is 6.02. The van der Waals surface area contributed by atoms with Crippen LogP contribution in [0, 0.1) is 0 Å². The van der Waals surface area contributed by atoms with Crippen LogP contribution in [0.3, 0.4) is 0 Å². The van der Waals surface area contributed by atoms with Crippen LogP contribution in [-0.4, -0.2) is 15.5 Å². The molecular formula is C30H23Cl2N3O2S. The highest BCUT2D eigenvalue weighted by atomic mass is 35.5. The number of rotatable bonds is 8. The van der Waals surface area contributed by atoms with Gasteiger partial charge in [0.25, 0.3) is 11.5 Å². The Kier molecular flexibility index (Phi) is 8.13. The molecule has 0 aliphatic heterocycles. The van der Waals surface area contributed by atoms with Gasteiger partial charge in [-0.1, -0.05) is 95.6 Å². The van der Waals surface area contributed by atoms with Crippen LogP contribution < -0.4 is 10.9 Å². The molecule has 5 nitrogen and oxygen atoms in total. The van der Waals surface area contributed by atoms with E-state index < -0.39 is 0 Å². The van der Waals surface area contributed by atoms with Gasteiger partial charge in [0.15, 0.2) is 5.16 Å². The van der Waals surface area contributed by atoms with Gasteiger partial charge in [-0.2, -0.15) is 0 Å². The van der Waals surface area contributed by atoms with Crippen LogP contribution in [0.1, 0.15) is 27.0 Å². The molecule has 0 radical (unpaired) electrons. The van der Waals surface area contributed by atoms with Crippen LogP contribution in [0.5, 0.6) is 0 Å². The first-order valence-electron chi connectivity index (χ1n) is 12.0. The summed E-state index contributed by atoms with van der Waals surface area (Å²) in [4.78, 5) is 31.4. The van der Waals surface area contributed by atoms with Crippen molar-refractivity contribution in [2.45, 2.75) is 24.0 Å². The number of nitrogens with zero attached hydrogens (tertiary/aromatic N) is 2. The third-order valence-corrected chi connectivity index (χ3v) is 7.67. The number of aromatic nitrogens is 2. The molecule has 0 aliphatic carbocycles. The Labute approximate surface area is 234 Å². The van der Waals surface area contributed by atoms with Gasteiger partial charge in [0, 0.05) is 27.9 Å². The van der Waals surface area contributed by atoms with Crippen molar-refractivity contribution in [3.8, 4) is 0 Å². The lowest BCUT2D eigenvalue weighted by Crippen LogP contribution is -2.25. The number of hydrogen-bond donors (Lipinski definition) is 1. The number of nitrogens with one attached hydrogen (secondary N) is 1. The predicted octanol–water partition coefficient (Wildman–Crippen LogP) is 6.97. The fraction of sp³-hybridized carbons (Fsp3) is 0.100. The molecule has 0 saturated carbocycles. The molecule has 1 amide bonds. The lowest BCUT2D eigenvalue weighted by Gasteiger charge is -2.14. The molecule has 1 N–H and O–H groups in total. The minimum Gasteiger partial charge on any atom is -0.348 e. The second kappa shape index (κ2) is 11.9. The van der Waals surface area contributed by atoms with Crippen LogP contribution in [0.15, 0.2) is 107 Å². The zero-order valence-electron chi connectivity index (χ0n) is 20.2. The van der Waals surface area contributed by atoms with E-state index in [1.54, 1.807) is 28.8 Å². The van der Waals surface area contributed by atoms with Crippen molar-refractivity contribution in [2.24, 2.45) is 0 Å². The molecule has 1 heterocycles. The van der Waals surface area contributed by atoms with Crippen LogP contribution >= 0.6 is 35.0 Å². The highest BCUT2D eigenvalue weighted by molar-refractivity contribution is 7.98. The number of carbonyl (C=O) groups is 1. The van der Waals surface area contributed by atoms with Crippen molar-refractivity contribution in [3.05, 3.63) is 140 Å². The van der Waals surface area contributed by atoms with E-state index >= 15 is 0 Å². The molecule has 5 rings (SSSR count). The van der Waals surface area contributed by atoms with E-state index in [0.29, 0.717) is 50.5 Å². The lowest BCUT2D eigenvalue weighted by molar-refractivity contribution is 0.0951. The second-order valence-corrected chi connectivity index (χ2v) is 10.5. The normalized spacial score (nSPS) is 11.0. The Morgan fingerprint density at radius 1 is 0.868 bits per heavy atom. The molecule has 0 spiro atoms. The van der Waals surface area contributed by atoms with Crippen LogP contribution in [0.25, 0.3) is 10.9 Å². The van der Waals surface area contributed by atoms with Gasteiger partial charge in [-0.15, -0.1) is 0 Å². The van der Waals surface area contributed by atoms with Crippen molar-refractivity contribution >= 4 is 51.8 Å². The first kappa shape index (κ1) is 26.0. The van der Waals surface area contributed by atoms with Crippen molar-refractivity contribution in [1.82, 2.24) is 14.9 Å². The Hall–Kier alpha value is -3.58. The smallest absolute Gasteiger partial charge is 0.262 e. The second-order valence-electron chi connectivity index (χ2n) is 8.70. The molecule has 0 aliphatic rings. The van der Waals surface area contributed by atoms with E-state index in [-0.39, 0.29) is 11.5 Å². The van der Waals surface area contributed by atoms with Gasteiger partial charge < -0.3 is 5.32 Å². The highest BCUT2D eigenvalue weighted by Gasteiger charge is 2.15. The first-order valence-corrected chi connectivity index (χ1v) is 13.7. The number of amides is 1. The maximum atomic E-state index is 13.6. The largest absolute Gasteiger partial charge is 0.348 e. The first-order chi connectivity index (χ1) is 18.5. The highest BCUT2D eigenvalue weighted by Crippen LogP contribution is 2.25. The number of halogens is 2. The predicted molar refractivity (Wildman–Crippen MR) is 155 cm³/mol. The summed E-state index contributed by atoms with van der Waals surface area (Å²) in [5, 5.41) is 5.16. The molecule has 190 valence electrons. The molecule has 5 aromatic rings. The van der Waals surface area contributed by atoms with E-state index in [4.69, 9.17) is 28.2 Å². The summed E-state index contributed by atoms with van der Waals surface area (Å²) in [5.41, 5.74) is 3.58. The minimum atomic E-state index is -0.268. The fourth-order valence-corrected chi connectivity index (χ4v) is 5.41. The van der Waals surface area contributed by atoms with E-state index in [9.17, 15) is 9.59 Å². The van der Waals surface area contributed by atoms with Crippen molar-refractivity contribution in [3.63, 3.8) is 0 Å². The molecule has 0 fully saturated rings. The summed E-state index contributed by atoms with van der Waals surface area (Å²) in [6.45, 7) is 0.684. The topological polar surface area (TPSA) is 64.0 Å². The van der Waals surface area contributed by atoms with Crippen LogP contribution in [-0.2, 0) is 18.8 Å². The summed E-state index contributed by atoms with van der Waals surface area (Å²) < 4.78 is 1.68. The SMILES string of the molecule is O=C(NCc1ccccc1Cl)c1ccc2c(=O)n(Cc3ccccc3)c(SCc3cccc(Cl)c3)nc2c1. The molecular weight excluding hydrogens is 537 g/mol. The summed E-state index contributed by atoms with van der Waals surface area (Å²) in [6.07, 6.45) is 0. The van der Waals surface area contributed by atoms with Crippen molar-refractivity contribution < 1.29 is 4.79 Å². The standard InChI is InChI=1S/C30H23Cl2N3O2S/c31-24-11-6-9-21(15-24)19-38-30-34-27-16-22(28(36)33-17-23-10-4-5-12-26(23)32)13-14-25(27)29(37)35(30)18-20-7-2-1-3-8-20/h1-16H,17-19H2,(H,33,36). The third kappa shape index (κ3) is 6.10. The summed E-state index contributed by atoms with van der Waals surface area (Å²) >= 11 is 13.8. The van der Waals surface area contributed by atoms with E-state index in [1.807, 2.05) is 72.8 Å². The number of hydrogen-bond acceptors (Lipinski definition) is 4. The van der Waals surface area contributed by atoms with Crippen LogP contribution in [0.2, 0.25) is 10.0 Å². The van der Waals surface area contributed by atoms with Gasteiger partial charge in [0.05, 0.1) is 17.4 Å². The quantitative estimate of drug-likeness (QED) is 0.164. The number of fused-ring (bicyclic) bond motifs is 1. The van der Waals surface area contributed by atoms with Crippen molar-refractivity contribution in [2.75, 3.05) is 0 Å². The zero-order chi connectivity index (χ0) is 26.5. The molecule has 0 unspecified atom stereocenters. The molecule has 0 atom stereocenters. The average molecular weight is 561 g/mol. The number of benzene rings is 4. The zero-order valence-corrected chi connectivity index (χ0v) is 22.6. The Morgan fingerprint density at radius 3 is 2.42 bits per heavy atom. The number of thioether (sulfide) groups is 1. The molecule has 4 aromatic carbocycles. The molecule has 0 bridgehead atoms. The monoisotopic (exact) mass is 559 g/mol. The van der Waals surface area contributed by atoms with Gasteiger partial charge in [-0.05, 0) is 53.1 Å². The summed E-state index contributed by atoms with van der Waals surface area (Å²) in [5.74, 6) is 0.320. The maximum absolute atomic E-state index is 13.6. The van der Waals surface area contributed by atoms with Gasteiger partial charge in [-0.3, -0.25) is 14.2 Å². The molecule has 8 heteroatoms. The summed E-state index contributed by atoms with van der Waals surface area (Å²) in [6, 6.07) is 29.8. The van der Waals surface area contributed by atoms with Gasteiger partial charge in [-0.25, -0.2) is 4.98 Å². The Morgan fingerprint density at radius 2 is 1.63 bits per heavy atom. The lowest BCUT2D eigenvalue weighted by atomic mass is 10.1. The summed E-state index contributed by atoms with van der Waals surface area (Å²) in [7, 11) is 0. The van der Waals surface area contributed by atoms with Gasteiger partial charge >= 0.3 is 0 Å². The minimum absolute atomic E-state index is 0.157. The maximum Gasteiger partial charge on any atom is 0.262 e. The van der Waals surface area contributed by atoms with E-state index in [2.05, 4.69) is 5.32 Å². The van der Waals surface area contributed by atoms with E-state index in [0.717, 1.165) is 16.7 Å². The Bertz CT molecular complexity index is 1670. The van der Waals surface area contributed by atoms with Gasteiger partial charge in [0.2, 0.25) is 0 Å². The van der Waals surface area contributed by atoms with Crippen molar-refractivity contribution in [1.29, 1.82) is 0 Å².